The van der Waals surface area contributed by atoms with Crippen molar-refractivity contribution in [3.63, 3.8) is 0 Å². The summed E-state index contributed by atoms with van der Waals surface area (Å²) in [7, 11) is 0. The Balaban J connectivity index is 2.75. The molecule has 0 bridgehead atoms. The molecule has 0 aliphatic heterocycles. The number of nitrogens with one attached hydrogen (secondary N) is 2. The summed E-state index contributed by atoms with van der Waals surface area (Å²) >= 11 is 6.23. The minimum absolute atomic E-state index is 0.173. The highest BCUT2D eigenvalue weighted by atomic mass is 35.5. The van der Waals surface area contributed by atoms with Crippen molar-refractivity contribution >= 4 is 17.2 Å². The van der Waals surface area contributed by atoms with E-state index in [9.17, 15) is 0 Å². The zero-order valence-corrected chi connectivity index (χ0v) is 20.2. The Kier molecular flexibility index (Phi) is 12.3. The summed E-state index contributed by atoms with van der Waals surface area (Å²) in [6, 6.07) is 6.06. The van der Waals surface area contributed by atoms with Crippen LogP contribution >= 0.6 is 11.6 Å². The molecule has 0 heterocycles. The van der Waals surface area contributed by atoms with Crippen molar-refractivity contribution in [3.05, 3.63) is 76.7 Å². The molecule has 0 saturated heterocycles. The number of halogens is 1. The number of likely N-dealkylation sites (N-methyl/N-ethyl adjacent to an activating group) is 1. The van der Waals surface area contributed by atoms with Gasteiger partial charge in [0.2, 0.25) is 0 Å². The molecule has 0 amide bonds. The molecule has 1 unspecified atom stereocenters. The molecule has 1 rings (SSSR count). The number of ether oxygens (including phenoxy) is 1. The van der Waals surface area contributed by atoms with E-state index in [1.165, 1.54) is 16.7 Å². The van der Waals surface area contributed by atoms with E-state index in [1.54, 1.807) is 0 Å². The molecule has 0 spiro atoms. The van der Waals surface area contributed by atoms with Crippen LogP contribution < -0.4 is 10.6 Å². The van der Waals surface area contributed by atoms with Crippen LogP contribution in [0.2, 0.25) is 5.02 Å². The molecular formula is C26H39ClN2O. The van der Waals surface area contributed by atoms with Gasteiger partial charge in [0.05, 0.1) is 12.6 Å². The normalized spacial score (nSPS) is 13.1. The van der Waals surface area contributed by atoms with Crippen molar-refractivity contribution in [1.29, 1.82) is 0 Å². The zero-order valence-electron chi connectivity index (χ0n) is 19.4. The number of hydrogen-bond acceptors (Lipinski definition) is 3. The molecule has 0 saturated carbocycles. The summed E-state index contributed by atoms with van der Waals surface area (Å²) in [4.78, 5) is 0. The van der Waals surface area contributed by atoms with E-state index >= 15 is 0 Å². The molecule has 0 aliphatic rings. The largest absolute Gasteiger partial charge is 0.494 e. The third-order valence-electron chi connectivity index (χ3n) is 4.93. The second kappa shape index (κ2) is 14.1. The first-order valence-electron chi connectivity index (χ1n) is 11.0. The van der Waals surface area contributed by atoms with Crippen LogP contribution in [0.15, 0.2) is 60.5 Å². The molecule has 4 heteroatoms. The fourth-order valence-electron chi connectivity index (χ4n) is 2.99. The maximum atomic E-state index is 6.23. The zero-order chi connectivity index (χ0) is 22.5. The predicted molar refractivity (Wildman–Crippen MR) is 133 cm³/mol. The number of hydrogen-bond donors (Lipinski definition) is 2. The van der Waals surface area contributed by atoms with Gasteiger partial charge in [0.25, 0.3) is 0 Å². The van der Waals surface area contributed by atoms with E-state index in [4.69, 9.17) is 16.3 Å². The second-order valence-corrected chi connectivity index (χ2v) is 7.94. The Morgan fingerprint density at radius 3 is 2.60 bits per heavy atom. The van der Waals surface area contributed by atoms with Crippen molar-refractivity contribution in [2.45, 2.75) is 60.0 Å². The summed E-state index contributed by atoms with van der Waals surface area (Å²) in [5.41, 5.74) is 5.40. The van der Waals surface area contributed by atoms with Crippen LogP contribution in [0.1, 0.15) is 58.1 Å². The molecule has 166 valence electrons. The molecule has 1 aromatic carbocycles. The Bertz CT molecular complexity index is 764. The molecule has 30 heavy (non-hydrogen) atoms. The Morgan fingerprint density at radius 1 is 1.23 bits per heavy atom. The molecule has 0 radical (unpaired) electrons. The summed E-state index contributed by atoms with van der Waals surface area (Å²) in [6.45, 7) is 21.2. The third-order valence-corrected chi connectivity index (χ3v) is 5.16. The summed E-state index contributed by atoms with van der Waals surface area (Å²) < 4.78 is 6.03. The molecule has 0 aromatic heterocycles. The predicted octanol–water partition coefficient (Wildman–Crippen LogP) is 6.80. The van der Waals surface area contributed by atoms with Gasteiger partial charge < -0.3 is 15.4 Å². The van der Waals surface area contributed by atoms with E-state index in [0.29, 0.717) is 6.54 Å². The van der Waals surface area contributed by atoms with Crippen LogP contribution in [0.4, 0.5) is 0 Å². The van der Waals surface area contributed by atoms with Gasteiger partial charge in [0, 0.05) is 17.3 Å². The molecule has 0 aliphatic carbocycles. The topological polar surface area (TPSA) is 33.3 Å². The lowest BCUT2D eigenvalue weighted by Crippen LogP contribution is -2.21. The van der Waals surface area contributed by atoms with E-state index in [0.717, 1.165) is 54.4 Å². The first-order chi connectivity index (χ1) is 14.3. The Morgan fingerprint density at radius 2 is 1.97 bits per heavy atom. The molecule has 2 N–H and O–H groups in total. The third kappa shape index (κ3) is 9.23. The van der Waals surface area contributed by atoms with Gasteiger partial charge in [-0.25, -0.2) is 0 Å². The molecular weight excluding hydrogens is 392 g/mol. The quantitative estimate of drug-likeness (QED) is 0.251. The van der Waals surface area contributed by atoms with E-state index in [1.807, 2.05) is 18.2 Å². The molecule has 1 atom stereocenters. The Labute approximate surface area is 188 Å². The van der Waals surface area contributed by atoms with Crippen LogP contribution in [0.25, 0.3) is 5.57 Å². The van der Waals surface area contributed by atoms with Gasteiger partial charge in [-0.05, 0) is 80.1 Å². The van der Waals surface area contributed by atoms with Gasteiger partial charge >= 0.3 is 0 Å². The van der Waals surface area contributed by atoms with Gasteiger partial charge in [-0.2, -0.15) is 0 Å². The van der Waals surface area contributed by atoms with Crippen LogP contribution in [0.5, 0.6) is 0 Å². The van der Waals surface area contributed by atoms with Crippen LogP contribution in [-0.2, 0) is 4.74 Å². The number of benzene rings is 1. The maximum Gasteiger partial charge on any atom is 0.111 e. The fourth-order valence-corrected chi connectivity index (χ4v) is 3.17. The number of aryl methyl sites for hydroxylation is 1. The monoisotopic (exact) mass is 430 g/mol. The summed E-state index contributed by atoms with van der Waals surface area (Å²) in [5, 5.41) is 7.50. The SMILES string of the molecule is C=C(/C=C(/CNCC)OC(C)CC)C(=C)NCC/C(=C/CC)c1cc(Cl)ccc1C. The van der Waals surface area contributed by atoms with E-state index in [2.05, 4.69) is 70.6 Å². The van der Waals surface area contributed by atoms with Crippen molar-refractivity contribution in [1.82, 2.24) is 10.6 Å². The summed E-state index contributed by atoms with van der Waals surface area (Å²) in [6.07, 6.45) is 7.26. The first kappa shape index (κ1) is 26.1. The lowest BCUT2D eigenvalue weighted by atomic mass is 9.97. The van der Waals surface area contributed by atoms with Crippen LogP contribution in [0, 0.1) is 6.92 Å². The number of allylic oxidation sites excluding steroid dienone is 2. The Hall–Kier alpha value is -1.97. The van der Waals surface area contributed by atoms with Gasteiger partial charge in [-0.1, -0.05) is 57.7 Å². The van der Waals surface area contributed by atoms with Crippen molar-refractivity contribution in [3.8, 4) is 0 Å². The highest BCUT2D eigenvalue weighted by molar-refractivity contribution is 6.30. The van der Waals surface area contributed by atoms with Gasteiger partial charge in [-0.15, -0.1) is 0 Å². The summed E-state index contributed by atoms with van der Waals surface area (Å²) in [5.74, 6) is 0.889. The van der Waals surface area contributed by atoms with Crippen molar-refractivity contribution in [2.24, 2.45) is 0 Å². The average Bonchev–Trinajstić information content (AvgIpc) is 2.72. The smallest absolute Gasteiger partial charge is 0.111 e. The van der Waals surface area contributed by atoms with Crippen molar-refractivity contribution in [2.75, 3.05) is 19.6 Å². The minimum atomic E-state index is 0.173. The standard InChI is InChI=1S/C26H39ClN2O/c1-8-11-23(26-17-24(27)13-12-19(26)4)14-15-29-22(7)20(5)16-25(18-28-10-3)30-21(6)9-2/h11-13,16-17,21,28-29H,5,7-10,14-15,18H2,1-4,6H3/b23-11-,25-16-. The molecule has 0 fully saturated rings. The molecule has 1 aromatic rings. The van der Waals surface area contributed by atoms with Crippen LogP contribution in [0.3, 0.4) is 0 Å². The van der Waals surface area contributed by atoms with Gasteiger partial charge in [0.1, 0.15) is 5.76 Å². The lowest BCUT2D eigenvalue weighted by molar-refractivity contribution is 0.123. The van der Waals surface area contributed by atoms with E-state index < -0.39 is 0 Å². The van der Waals surface area contributed by atoms with Crippen molar-refractivity contribution < 1.29 is 4.74 Å². The lowest BCUT2D eigenvalue weighted by Gasteiger charge is -2.18. The second-order valence-electron chi connectivity index (χ2n) is 7.51. The first-order valence-corrected chi connectivity index (χ1v) is 11.4. The fraction of sp³-hybridized carbons (Fsp3) is 0.462. The minimum Gasteiger partial charge on any atom is -0.494 e. The highest BCUT2D eigenvalue weighted by Gasteiger charge is 2.08. The average molecular weight is 431 g/mol. The maximum absolute atomic E-state index is 6.23. The van der Waals surface area contributed by atoms with Gasteiger partial charge in [-0.3, -0.25) is 0 Å². The van der Waals surface area contributed by atoms with Gasteiger partial charge in [0.15, 0.2) is 0 Å². The molecule has 3 nitrogen and oxygen atoms in total. The highest BCUT2D eigenvalue weighted by Crippen LogP contribution is 2.26. The van der Waals surface area contributed by atoms with E-state index in [-0.39, 0.29) is 6.10 Å². The van der Waals surface area contributed by atoms with Crippen LogP contribution in [-0.4, -0.2) is 25.7 Å². The number of rotatable bonds is 14.